The summed E-state index contributed by atoms with van der Waals surface area (Å²) in [7, 11) is 3.79. The van der Waals surface area contributed by atoms with E-state index in [0.717, 1.165) is 0 Å². The second-order valence-corrected chi connectivity index (χ2v) is 7.91. The fourth-order valence-electron chi connectivity index (χ4n) is 3.43. The topological polar surface area (TPSA) is 70.1 Å². The van der Waals surface area contributed by atoms with Crippen LogP contribution >= 0.6 is 11.6 Å². The smallest absolute Gasteiger partial charge is 0.295 e. The lowest BCUT2D eigenvalue weighted by Crippen LogP contribution is -2.35. The van der Waals surface area contributed by atoms with Gasteiger partial charge in [-0.25, -0.2) is 0 Å². The van der Waals surface area contributed by atoms with E-state index in [1.807, 2.05) is 19.0 Å². The number of hydrogen-bond acceptors (Lipinski definition) is 5. The highest BCUT2D eigenvalue weighted by molar-refractivity contribution is 6.46. The molecule has 1 atom stereocenters. The fraction of sp³-hybridized carbons (Fsp3) is 0.250. The molecule has 0 spiro atoms. The maximum atomic E-state index is 12.9. The Morgan fingerprint density at radius 3 is 2.39 bits per heavy atom. The Balaban J connectivity index is 2.07. The van der Waals surface area contributed by atoms with Gasteiger partial charge in [-0.1, -0.05) is 36.4 Å². The van der Waals surface area contributed by atoms with Gasteiger partial charge in [-0.05, 0) is 56.1 Å². The van der Waals surface area contributed by atoms with Crippen LogP contribution in [0.1, 0.15) is 17.2 Å². The molecular weight excluding hydrogens is 416 g/mol. The Morgan fingerprint density at radius 1 is 1.16 bits per heavy atom. The Morgan fingerprint density at radius 2 is 1.81 bits per heavy atom. The zero-order valence-corrected chi connectivity index (χ0v) is 18.3. The number of aliphatic hydroxyl groups is 1. The summed E-state index contributed by atoms with van der Waals surface area (Å²) in [5.74, 6) is -0.913. The van der Waals surface area contributed by atoms with Crippen molar-refractivity contribution >= 4 is 29.1 Å². The van der Waals surface area contributed by atoms with Crippen LogP contribution in [0.15, 0.2) is 66.8 Å². The molecule has 2 aromatic carbocycles. The minimum Gasteiger partial charge on any atom is -0.507 e. The van der Waals surface area contributed by atoms with Crippen molar-refractivity contribution in [1.29, 1.82) is 0 Å². The number of halogens is 1. The van der Waals surface area contributed by atoms with Gasteiger partial charge < -0.3 is 19.6 Å². The number of ether oxygens (including phenoxy) is 1. The lowest BCUT2D eigenvalue weighted by molar-refractivity contribution is -0.140. The van der Waals surface area contributed by atoms with Crippen molar-refractivity contribution in [3.05, 3.63) is 82.9 Å². The van der Waals surface area contributed by atoms with Crippen LogP contribution in [0.5, 0.6) is 5.75 Å². The fourth-order valence-corrected chi connectivity index (χ4v) is 3.56. The van der Waals surface area contributed by atoms with Crippen molar-refractivity contribution < 1.29 is 19.4 Å². The van der Waals surface area contributed by atoms with E-state index in [9.17, 15) is 14.7 Å². The molecule has 2 aromatic rings. The minimum absolute atomic E-state index is 0.0610. The molecule has 1 amide bonds. The summed E-state index contributed by atoms with van der Waals surface area (Å²) in [4.78, 5) is 29.3. The summed E-state index contributed by atoms with van der Waals surface area (Å²) in [6.45, 7) is 4.92. The van der Waals surface area contributed by atoms with Crippen LogP contribution in [0.4, 0.5) is 0 Å². The first-order chi connectivity index (χ1) is 14.8. The van der Waals surface area contributed by atoms with Crippen molar-refractivity contribution in [2.75, 3.05) is 33.8 Å². The number of amides is 1. The SMILES string of the molecule is C=CCOc1ccc([C@@H]2/C(=C(\O)c3ccc(Cl)cc3)C(=O)C(=O)N2CCN(C)C)cc1. The molecule has 31 heavy (non-hydrogen) atoms. The third-order valence-electron chi connectivity index (χ3n) is 5.01. The maximum absolute atomic E-state index is 12.9. The van der Waals surface area contributed by atoms with Gasteiger partial charge >= 0.3 is 0 Å². The molecule has 1 saturated heterocycles. The number of Topliss-reactive ketones (excluding diaryl/α,β-unsaturated/α-hetero) is 1. The standard InChI is InChI=1S/C24H25ClN2O4/c1-4-15-31-19-11-7-16(8-12-19)21-20(22(28)17-5-9-18(25)10-6-17)23(29)24(30)27(21)14-13-26(2)3/h4-12,21,28H,1,13-15H2,2-3H3/b22-20+/t21-/m1/s1. The van der Waals surface area contributed by atoms with Gasteiger partial charge in [0.25, 0.3) is 11.7 Å². The number of ketones is 1. The number of likely N-dealkylation sites (N-methyl/N-ethyl adjacent to an activating group) is 1. The first-order valence-electron chi connectivity index (χ1n) is 9.86. The van der Waals surface area contributed by atoms with E-state index in [1.165, 1.54) is 4.90 Å². The van der Waals surface area contributed by atoms with Crippen LogP contribution in [-0.4, -0.2) is 60.4 Å². The summed E-state index contributed by atoms with van der Waals surface area (Å²) in [6.07, 6.45) is 1.65. The molecule has 0 radical (unpaired) electrons. The third-order valence-corrected chi connectivity index (χ3v) is 5.26. The molecule has 0 bridgehead atoms. The van der Waals surface area contributed by atoms with Crippen LogP contribution < -0.4 is 4.74 Å². The monoisotopic (exact) mass is 440 g/mol. The van der Waals surface area contributed by atoms with Gasteiger partial charge in [-0.15, -0.1) is 0 Å². The Hall–Kier alpha value is -3.09. The first kappa shape index (κ1) is 22.6. The summed E-state index contributed by atoms with van der Waals surface area (Å²) in [5.41, 5.74) is 1.19. The largest absolute Gasteiger partial charge is 0.507 e. The quantitative estimate of drug-likeness (QED) is 0.292. The van der Waals surface area contributed by atoms with Gasteiger partial charge in [0.05, 0.1) is 11.6 Å². The van der Waals surface area contributed by atoms with Crippen LogP contribution in [0.25, 0.3) is 5.76 Å². The van der Waals surface area contributed by atoms with Gasteiger partial charge in [-0.3, -0.25) is 9.59 Å². The van der Waals surface area contributed by atoms with E-state index < -0.39 is 17.7 Å². The molecule has 1 aliphatic heterocycles. The number of benzene rings is 2. The molecular formula is C24H25ClN2O4. The summed E-state index contributed by atoms with van der Waals surface area (Å²) < 4.78 is 5.53. The van der Waals surface area contributed by atoms with Crippen LogP contribution in [0, 0.1) is 0 Å². The lowest BCUT2D eigenvalue weighted by atomic mass is 9.95. The summed E-state index contributed by atoms with van der Waals surface area (Å²) in [6, 6.07) is 12.9. The van der Waals surface area contributed by atoms with Crippen LogP contribution in [-0.2, 0) is 9.59 Å². The molecule has 3 rings (SSSR count). The van der Waals surface area contributed by atoms with Crippen molar-refractivity contribution in [3.63, 3.8) is 0 Å². The normalized spacial score (nSPS) is 17.9. The number of carbonyl (C=O) groups excluding carboxylic acids is 2. The molecule has 0 aliphatic carbocycles. The molecule has 162 valence electrons. The molecule has 0 aromatic heterocycles. The number of likely N-dealkylation sites (tertiary alicyclic amines) is 1. The lowest BCUT2D eigenvalue weighted by Gasteiger charge is -2.26. The van der Waals surface area contributed by atoms with E-state index >= 15 is 0 Å². The van der Waals surface area contributed by atoms with Crippen molar-refractivity contribution in [2.24, 2.45) is 0 Å². The first-order valence-corrected chi connectivity index (χ1v) is 10.2. The van der Waals surface area contributed by atoms with E-state index in [0.29, 0.717) is 41.6 Å². The maximum Gasteiger partial charge on any atom is 0.295 e. The Bertz CT molecular complexity index is 997. The second-order valence-electron chi connectivity index (χ2n) is 7.47. The van der Waals surface area contributed by atoms with Gasteiger partial charge in [0.2, 0.25) is 0 Å². The molecule has 1 N–H and O–H groups in total. The van der Waals surface area contributed by atoms with Crippen molar-refractivity contribution in [2.45, 2.75) is 6.04 Å². The molecule has 6 nitrogen and oxygen atoms in total. The van der Waals surface area contributed by atoms with Crippen LogP contribution in [0.2, 0.25) is 5.02 Å². The van der Waals surface area contributed by atoms with Gasteiger partial charge in [0.15, 0.2) is 0 Å². The molecule has 0 unspecified atom stereocenters. The van der Waals surface area contributed by atoms with Crippen LogP contribution in [0.3, 0.4) is 0 Å². The number of aliphatic hydroxyl groups excluding tert-OH is 1. The molecule has 1 aliphatic rings. The van der Waals surface area contributed by atoms with Gasteiger partial charge in [-0.2, -0.15) is 0 Å². The Kier molecular flexibility index (Phi) is 7.15. The highest BCUT2D eigenvalue weighted by Gasteiger charge is 2.45. The molecule has 0 saturated carbocycles. The molecule has 1 fully saturated rings. The van der Waals surface area contributed by atoms with Gasteiger partial charge in [0.1, 0.15) is 18.1 Å². The Labute approximate surface area is 187 Å². The number of hydrogen-bond donors (Lipinski definition) is 1. The molecule has 1 heterocycles. The number of rotatable bonds is 8. The zero-order valence-electron chi connectivity index (χ0n) is 17.5. The van der Waals surface area contributed by atoms with Gasteiger partial charge in [0, 0.05) is 23.7 Å². The highest BCUT2D eigenvalue weighted by Crippen LogP contribution is 2.39. The van der Waals surface area contributed by atoms with E-state index in [-0.39, 0.29) is 11.3 Å². The number of carbonyl (C=O) groups is 2. The average Bonchev–Trinajstić information content (AvgIpc) is 3.01. The number of nitrogens with zero attached hydrogens (tertiary/aromatic N) is 2. The summed E-state index contributed by atoms with van der Waals surface area (Å²) in [5, 5.41) is 11.5. The minimum atomic E-state index is -0.705. The van der Waals surface area contributed by atoms with Crippen molar-refractivity contribution in [1.82, 2.24) is 9.80 Å². The van der Waals surface area contributed by atoms with E-state index in [4.69, 9.17) is 16.3 Å². The second kappa shape index (κ2) is 9.81. The zero-order chi connectivity index (χ0) is 22.5. The van der Waals surface area contributed by atoms with E-state index in [2.05, 4.69) is 6.58 Å². The highest BCUT2D eigenvalue weighted by atomic mass is 35.5. The average molecular weight is 441 g/mol. The third kappa shape index (κ3) is 4.98. The van der Waals surface area contributed by atoms with Crippen molar-refractivity contribution in [3.8, 4) is 5.75 Å². The summed E-state index contributed by atoms with van der Waals surface area (Å²) >= 11 is 5.95. The molecule has 7 heteroatoms. The van der Waals surface area contributed by atoms with E-state index in [1.54, 1.807) is 54.6 Å². The predicted molar refractivity (Wildman–Crippen MR) is 121 cm³/mol. The predicted octanol–water partition coefficient (Wildman–Crippen LogP) is 3.89.